The molecule has 0 saturated heterocycles. The fourth-order valence-corrected chi connectivity index (χ4v) is 3.71. The fourth-order valence-electron chi connectivity index (χ4n) is 2.53. The maximum Gasteiger partial charge on any atom is 0.269 e. The van der Waals surface area contributed by atoms with Crippen molar-refractivity contribution in [1.29, 1.82) is 0 Å². The van der Waals surface area contributed by atoms with Gasteiger partial charge in [-0.1, -0.05) is 42.5 Å². The molecule has 0 bridgehead atoms. The van der Waals surface area contributed by atoms with Crippen LogP contribution >= 0.6 is 0 Å². The number of nitro groups is 1. The number of nitrogens with zero attached hydrogens (tertiary/aromatic N) is 2. The molecule has 0 saturated carbocycles. The minimum Gasteiger partial charge on any atom is -0.305 e. The molecule has 0 aliphatic heterocycles. The summed E-state index contributed by atoms with van der Waals surface area (Å²) in [6.07, 6.45) is 0.730. The van der Waals surface area contributed by atoms with E-state index in [4.69, 9.17) is 0 Å². The molecule has 0 heterocycles. The molecular formula is C18H23N3O4S. The third-order valence-electron chi connectivity index (χ3n) is 4.09. The minimum absolute atomic E-state index is 0.0176. The van der Waals surface area contributed by atoms with Gasteiger partial charge in [0.15, 0.2) is 0 Å². The molecule has 8 heteroatoms. The summed E-state index contributed by atoms with van der Waals surface area (Å²) >= 11 is 0. The van der Waals surface area contributed by atoms with Gasteiger partial charge in [-0.15, -0.1) is 0 Å². The van der Waals surface area contributed by atoms with E-state index in [0.29, 0.717) is 5.56 Å². The molecular weight excluding hydrogens is 354 g/mol. The van der Waals surface area contributed by atoms with Crippen molar-refractivity contribution in [2.45, 2.75) is 18.2 Å². The number of nitrogens with one attached hydrogen (secondary N) is 1. The van der Waals surface area contributed by atoms with Crippen molar-refractivity contribution < 1.29 is 13.3 Å². The number of hydrogen-bond donors (Lipinski definition) is 1. The summed E-state index contributed by atoms with van der Waals surface area (Å²) in [5.41, 5.74) is 1.59. The normalized spacial score (nSPS) is 12.9. The lowest BCUT2D eigenvalue weighted by atomic mass is 10.1. The fraction of sp³-hybridized carbons (Fsp3) is 0.333. The Morgan fingerprint density at radius 1 is 1.04 bits per heavy atom. The molecule has 0 aliphatic rings. The van der Waals surface area contributed by atoms with Crippen LogP contribution in [-0.4, -0.2) is 44.9 Å². The zero-order chi connectivity index (χ0) is 19.2. The van der Waals surface area contributed by atoms with Crippen LogP contribution in [0, 0.1) is 10.1 Å². The highest BCUT2D eigenvalue weighted by molar-refractivity contribution is 7.88. The van der Waals surface area contributed by atoms with Crippen LogP contribution in [-0.2, 0) is 22.2 Å². The van der Waals surface area contributed by atoms with Crippen LogP contribution in [0.5, 0.6) is 0 Å². The van der Waals surface area contributed by atoms with E-state index in [2.05, 4.69) is 4.72 Å². The topological polar surface area (TPSA) is 92.6 Å². The summed E-state index contributed by atoms with van der Waals surface area (Å²) in [4.78, 5) is 12.1. The Labute approximate surface area is 153 Å². The Morgan fingerprint density at radius 3 is 2.19 bits per heavy atom. The molecule has 0 aromatic heterocycles. The van der Waals surface area contributed by atoms with Gasteiger partial charge in [0, 0.05) is 24.7 Å². The maximum atomic E-state index is 12.3. The molecule has 1 atom stereocenters. The summed E-state index contributed by atoms with van der Waals surface area (Å²) in [7, 11) is 0.295. The van der Waals surface area contributed by atoms with Crippen LogP contribution in [0.4, 0.5) is 5.69 Å². The number of hydrogen-bond acceptors (Lipinski definition) is 5. The third-order valence-corrected chi connectivity index (χ3v) is 5.41. The first-order valence-corrected chi connectivity index (χ1v) is 9.83. The van der Waals surface area contributed by atoms with E-state index in [0.717, 1.165) is 12.0 Å². The first-order chi connectivity index (χ1) is 12.3. The van der Waals surface area contributed by atoms with Crippen molar-refractivity contribution in [1.82, 2.24) is 9.62 Å². The smallest absolute Gasteiger partial charge is 0.269 e. The van der Waals surface area contributed by atoms with E-state index in [1.165, 1.54) is 24.3 Å². The molecule has 0 amide bonds. The van der Waals surface area contributed by atoms with Crippen molar-refractivity contribution in [3.05, 3.63) is 75.8 Å². The SMILES string of the molecule is CN(C)C(CNS(=O)(=O)Cc1ccc([N+](=O)[O-])cc1)Cc1ccccc1. The molecule has 1 unspecified atom stereocenters. The molecule has 0 radical (unpaired) electrons. The average molecular weight is 377 g/mol. The van der Waals surface area contributed by atoms with Gasteiger partial charge < -0.3 is 4.90 Å². The van der Waals surface area contributed by atoms with Crippen molar-refractivity contribution in [2.24, 2.45) is 0 Å². The summed E-state index contributed by atoms with van der Waals surface area (Å²) < 4.78 is 27.3. The van der Waals surface area contributed by atoms with Gasteiger partial charge in [-0.3, -0.25) is 10.1 Å². The monoisotopic (exact) mass is 377 g/mol. The van der Waals surface area contributed by atoms with Crippen LogP contribution in [0.3, 0.4) is 0 Å². The van der Waals surface area contributed by atoms with Gasteiger partial charge in [0.25, 0.3) is 5.69 Å². The van der Waals surface area contributed by atoms with Crippen LogP contribution in [0.25, 0.3) is 0 Å². The Morgan fingerprint density at radius 2 is 1.65 bits per heavy atom. The molecule has 0 aliphatic carbocycles. The van der Waals surface area contributed by atoms with Crippen molar-refractivity contribution >= 4 is 15.7 Å². The van der Waals surface area contributed by atoms with Crippen LogP contribution < -0.4 is 4.72 Å². The van der Waals surface area contributed by atoms with Gasteiger partial charge in [0.05, 0.1) is 10.7 Å². The van der Waals surface area contributed by atoms with Gasteiger partial charge in [-0.2, -0.15) is 0 Å². The zero-order valence-electron chi connectivity index (χ0n) is 14.8. The molecule has 2 rings (SSSR count). The minimum atomic E-state index is -3.54. The highest BCUT2D eigenvalue weighted by Gasteiger charge is 2.18. The lowest BCUT2D eigenvalue weighted by Crippen LogP contribution is -2.41. The van der Waals surface area contributed by atoms with Gasteiger partial charge in [-0.25, -0.2) is 13.1 Å². The molecule has 1 N–H and O–H groups in total. The second-order valence-corrected chi connectivity index (χ2v) is 8.15. The number of nitro benzene ring substituents is 1. The first kappa shape index (κ1) is 20.0. The summed E-state index contributed by atoms with van der Waals surface area (Å²) in [6, 6.07) is 15.5. The Bertz CT molecular complexity index is 821. The van der Waals surface area contributed by atoms with Crippen LogP contribution in [0.2, 0.25) is 0 Å². The van der Waals surface area contributed by atoms with Gasteiger partial charge >= 0.3 is 0 Å². The number of sulfonamides is 1. The van der Waals surface area contributed by atoms with Gasteiger partial charge in [-0.05, 0) is 31.6 Å². The predicted molar refractivity (Wildman–Crippen MR) is 101 cm³/mol. The third kappa shape index (κ3) is 6.21. The van der Waals surface area contributed by atoms with Gasteiger partial charge in [0.1, 0.15) is 0 Å². The highest BCUT2D eigenvalue weighted by atomic mass is 32.2. The number of rotatable bonds is 9. The zero-order valence-corrected chi connectivity index (χ0v) is 15.6. The summed E-state index contributed by atoms with van der Waals surface area (Å²) in [6.45, 7) is 0.289. The molecule has 2 aromatic rings. The van der Waals surface area contributed by atoms with E-state index in [9.17, 15) is 18.5 Å². The lowest BCUT2D eigenvalue weighted by molar-refractivity contribution is -0.384. The largest absolute Gasteiger partial charge is 0.305 e. The molecule has 0 spiro atoms. The van der Waals surface area contributed by atoms with Crippen molar-refractivity contribution in [3.63, 3.8) is 0 Å². The van der Waals surface area contributed by atoms with Crippen molar-refractivity contribution in [3.8, 4) is 0 Å². The Balaban J connectivity index is 1.97. The predicted octanol–water partition coefficient (Wildman–Crippen LogP) is 2.19. The number of benzene rings is 2. The highest BCUT2D eigenvalue weighted by Crippen LogP contribution is 2.14. The quantitative estimate of drug-likeness (QED) is 0.534. The standard InChI is InChI=1S/C18H23N3O4S/c1-20(2)18(12-15-6-4-3-5-7-15)13-19-26(24,25)14-16-8-10-17(11-9-16)21(22)23/h3-11,18-19H,12-14H2,1-2H3. The Hall–Kier alpha value is -2.29. The van der Waals surface area contributed by atoms with E-state index >= 15 is 0 Å². The second kappa shape index (κ2) is 8.88. The second-order valence-electron chi connectivity index (χ2n) is 6.34. The molecule has 0 fully saturated rings. The molecule has 2 aromatic carbocycles. The van der Waals surface area contributed by atoms with E-state index in [-0.39, 0.29) is 24.0 Å². The molecule has 7 nitrogen and oxygen atoms in total. The molecule has 26 heavy (non-hydrogen) atoms. The average Bonchev–Trinajstić information content (AvgIpc) is 2.59. The lowest BCUT2D eigenvalue weighted by Gasteiger charge is -2.24. The number of non-ortho nitro benzene ring substituents is 1. The van der Waals surface area contributed by atoms with Crippen molar-refractivity contribution in [2.75, 3.05) is 20.6 Å². The summed E-state index contributed by atoms with van der Waals surface area (Å²) in [5, 5.41) is 10.7. The van der Waals surface area contributed by atoms with E-state index in [1.54, 1.807) is 0 Å². The van der Waals surface area contributed by atoms with Crippen LogP contribution in [0.15, 0.2) is 54.6 Å². The van der Waals surface area contributed by atoms with E-state index < -0.39 is 14.9 Å². The number of likely N-dealkylation sites (N-methyl/N-ethyl adjacent to an activating group) is 1. The first-order valence-electron chi connectivity index (χ1n) is 8.18. The van der Waals surface area contributed by atoms with Gasteiger partial charge in [0.2, 0.25) is 10.0 Å². The Kier molecular flexibility index (Phi) is 6.84. The van der Waals surface area contributed by atoms with E-state index in [1.807, 2.05) is 49.3 Å². The summed E-state index contributed by atoms with van der Waals surface area (Å²) in [5.74, 6) is -0.212. The van der Waals surface area contributed by atoms with Crippen LogP contribution in [0.1, 0.15) is 11.1 Å². The maximum absolute atomic E-state index is 12.3. The molecule has 140 valence electrons.